The molecule has 3 N–H and O–H groups in total. The van der Waals surface area contributed by atoms with Crippen LogP contribution in [-0.2, 0) is 7.05 Å². The third kappa shape index (κ3) is 1.30. The molecular weight excluding hydrogens is 241 g/mol. The number of nitrogens with two attached hydrogens (primary N) is 1. The van der Waals surface area contributed by atoms with Crippen LogP contribution in [0.25, 0.3) is 11.1 Å². The fraction of sp³-hybridized carbons (Fsp3) is 0.182. The summed E-state index contributed by atoms with van der Waals surface area (Å²) in [6, 6.07) is 1.48. The first-order valence-corrected chi connectivity index (χ1v) is 5.18. The zero-order chi connectivity index (χ0) is 12.9. The minimum absolute atomic E-state index is 0.0718. The van der Waals surface area contributed by atoms with Gasteiger partial charge in [-0.2, -0.15) is 9.49 Å². The summed E-state index contributed by atoms with van der Waals surface area (Å²) in [6.07, 6.45) is 1.45. The van der Waals surface area contributed by atoms with Crippen LogP contribution in [0.5, 0.6) is 17.2 Å². The van der Waals surface area contributed by atoms with E-state index in [1.54, 1.807) is 7.05 Å². The van der Waals surface area contributed by atoms with Gasteiger partial charge < -0.3 is 20.3 Å². The monoisotopic (exact) mass is 251 g/mol. The summed E-state index contributed by atoms with van der Waals surface area (Å²) >= 11 is 0. The number of ether oxygens (including phenoxy) is 2. The summed E-state index contributed by atoms with van der Waals surface area (Å²) in [5, 5.41) is 13.8. The van der Waals surface area contributed by atoms with Gasteiger partial charge in [-0.15, -0.1) is 0 Å². The maximum Gasteiger partial charge on any atom is 0.231 e. The van der Waals surface area contributed by atoms with Gasteiger partial charge in [0.15, 0.2) is 11.5 Å². The van der Waals surface area contributed by atoms with Crippen LogP contribution in [0.2, 0.25) is 0 Å². The van der Waals surface area contributed by atoms with Crippen LogP contribution < -0.4 is 15.2 Å². The number of hydrogen-bond acceptors (Lipinski definition) is 5. The SMILES string of the molecule is Cn1ncc(-c2cc3c(c(F)c2O)OCO3)c1N. The lowest BCUT2D eigenvalue weighted by molar-refractivity contribution is 0.170. The number of phenolic OH excluding ortho intramolecular Hbond substituents is 1. The molecule has 1 aliphatic rings. The number of rotatable bonds is 1. The minimum Gasteiger partial charge on any atom is -0.504 e. The van der Waals surface area contributed by atoms with Crippen molar-refractivity contribution in [2.24, 2.45) is 7.05 Å². The highest BCUT2D eigenvalue weighted by atomic mass is 19.1. The van der Waals surface area contributed by atoms with Gasteiger partial charge in [-0.25, -0.2) is 0 Å². The van der Waals surface area contributed by atoms with Gasteiger partial charge in [0.2, 0.25) is 18.4 Å². The van der Waals surface area contributed by atoms with Crippen LogP contribution in [0.3, 0.4) is 0 Å². The Bertz CT molecular complexity index is 639. The molecule has 0 radical (unpaired) electrons. The number of hydrogen-bond donors (Lipinski definition) is 2. The van der Waals surface area contributed by atoms with Gasteiger partial charge in [0.25, 0.3) is 0 Å². The molecule has 0 bridgehead atoms. The largest absolute Gasteiger partial charge is 0.504 e. The lowest BCUT2D eigenvalue weighted by Gasteiger charge is -2.07. The minimum atomic E-state index is -0.858. The molecule has 0 amide bonds. The van der Waals surface area contributed by atoms with Crippen molar-refractivity contribution in [3.8, 4) is 28.4 Å². The molecule has 1 aliphatic heterocycles. The summed E-state index contributed by atoms with van der Waals surface area (Å²) < 4.78 is 25.3. The predicted octanol–water partition coefficient (Wildman–Crippen LogP) is 1.24. The molecule has 0 atom stereocenters. The van der Waals surface area contributed by atoms with Crippen molar-refractivity contribution in [1.29, 1.82) is 0 Å². The number of aromatic hydroxyl groups is 1. The second-order valence-electron chi connectivity index (χ2n) is 3.89. The summed E-state index contributed by atoms with van der Waals surface area (Å²) in [7, 11) is 1.65. The van der Waals surface area contributed by atoms with Gasteiger partial charge >= 0.3 is 0 Å². The first-order chi connectivity index (χ1) is 8.59. The van der Waals surface area contributed by atoms with Crippen molar-refractivity contribution in [3.05, 3.63) is 18.1 Å². The molecule has 0 saturated heterocycles. The van der Waals surface area contributed by atoms with E-state index >= 15 is 0 Å². The molecule has 18 heavy (non-hydrogen) atoms. The Hall–Kier alpha value is -2.44. The topological polar surface area (TPSA) is 82.5 Å². The highest BCUT2D eigenvalue weighted by molar-refractivity contribution is 5.80. The second kappa shape index (κ2) is 3.52. The van der Waals surface area contributed by atoms with Gasteiger partial charge in [-0.05, 0) is 6.07 Å². The third-order valence-corrected chi connectivity index (χ3v) is 2.85. The molecule has 0 aliphatic carbocycles. The normalized spacial score (nSPS) is 13.0. The molecule has 2 heterocycles. The highest BCUT2D eigenvalue weighted by Gasteiger charge is 2.26. The van der Waals surface area contributed by atoms with Crippen molar-refractivity contribution < 1.29 is 19.0 Å². The van der Waals surface area contributed by atoms with Gasteiger partial charge in [0.1, 0.15) is 5.82 Å². The van der Waals surface area contributed by atoms with Crippen molar-refractivity contribution in [3.63, 3.8) is 0 Å². The number of aryl methyl sites for hydroxylation is 1. The van der Waals surface area contributed by atoms with Crippen LogP contribution in [0, 0.1) is 5.82 Å². The molecule has 94 valence electrons. The Labute approximate surface area is 101 Å². The lowest BCUT2D eigenvalue weighted by Crippen LogP contribution is -1.98. The molecule has 2 aromatic rings. The highest BCUT2D eigenvalue weighted by Crippen LogP contribution is 2.46. The Morgan fingerprint density at radius 3 is 2.89 bits per heavy atom. The van der Waals surface area contributed by atoms with Crippen LogP contribution in [0.4, 0.5) is 10.2 Å². The molecule has 3 rings (SSSR count). The van der Waals surface area contributed by atoms with E-state index in [9.17, 15) is 9.50 Å². The van der Waals surface area contributed by atoms with E-state index in [0.29, 0.717) is 11.4 Å². The van der Waals surface area contributed by atoms with Gasteiger partial charge in [0.05, 0.1) is 6.20 Å². The summed E-state index contributed by atoms with van der Waals surface area (Å²) in [5.41, 5.74) is 6.46. The van der Waals surface area contributed by atoms with Crippen molar-refractivity contribution >= 4 is 5.82 Å². The van der Waals surface area contributed by atoms with Gasteiger partial charge in [-0.3, -0.25) is 4.68 Å². The smallest absolute Gasteiger partial charge is 0.231 e. The number of aromatic nitrogens is 2. The number of fused-ring (bicyclic) bond motifs is 1. The van der Waals surface area contributed by atoms with Crippen molar-refractivity contribution in [1.82, 2.24) is 9.78 Å². The fourth-order valence-corrected chi connectivity index (χ4v) is 1.85. The molecule has 1 aromatic carbocycles. The van der Waals surface area contributed by atoms with Crippen molar-refractivity contribution in [2.45, 2.75) is 0 Å². The van der Waals surface area contributed by atoms with Gasteiger partial charge in [-0.1, -0.05) is 0 Å². The number of benzene rings is 1. The van der Waals surface area contributed by atoms with Crippen LogP contribution >= 0.6 is 0 Å². The second-order valence-corrected chi connectivity index (χ2v) is 3.89. The van der Waals surface area contributed by atoms with E-state index in [2.05, 4.69) is 5.10 Å². The maximum absolute atomic E-state index is 13.9. The Morgan fingerprint density at radius 2 is 2.22 bits per heavy atom. The number of nitrogens with zero attached hydrogens (tertiary/aromatic N) is 2. The zero-order valence-electron chi connectivity index (χ0n) is 9.48. The van der Waals surface area contributed by atoms with Crippen LogP contribution in [0.1, 0.15) is 0 Å². The van der Waals surface area contributed by atoms with E-state index in [4.69, 9.17) is 15.2 Å². The van der Waals surface area contributed by atoms with E-state index < -0.39 is 11.6 Å². The lowest BCUT2D eigenvalue weighted by atomic mass is 10.1. The molecule has 0 saturated carbocycles. The first-order valence-electron chi connectivity index (χ1n) is 5.18. The first kappa shape index (κ1) is 10.7. The number of phenols is 1. The van der Waals surface area contributed by atoms with Crippen LogP contribution in [0.15, 0.2) is 12.3 Å². The number of halogens is 1. The molecule has 1 aromatic heterocycles. The molecular formula is C11H10FN3O3. The maximum atomic E-state index is 13.9. The van der Waals surface area contributed by atoms with E-state index in [1.165, 1.54) is 16.9 Å². The Balaban J connectivity index is 2.25. The molecule has 0 spiro atoms. The van der Waals surface area contributed by atoms with E-state index in [-0.39, 0.29) is 23.9 Å². The Morgan fingerprint density at radius 1 is 1.44 bits per heavy atom. The summed E-state index contributed by atoms with van der Waals surface area (Å²) in [4.78, 5) is 0. The average molecular weight is 251 g/mol. The molecule has 0 fully saturated rings. The Kier molecular flexibility index (Phi) is 2.09. The van der Waals surface area contributed by atoms with E-state index in [0.717, 1.165) is 0 Å². The standard InChI is InChI=1S/C11H10FN3O3/c1-15-11(13)6(3-14-15)5-2-7-10(18-4-17-7)8(12)9(5)16/h2-3,16H,4,13H2,1H3. The summed E-state index contributed by atoms with van der Waals surface area (Å²) in [5.74, 6) is -0.909. The molecule has 6 nitrogen and oxygen atoms in total. The van der Waals surface area contributed by atoms with Gasteiger partial charge in [0, 0.05) is 18.2 Å². The van der Waals surface area contributed by atoms with Crippen LogP contribution in [-0.4, -0.2) is 21.7 Å². The zero-order valence-corrected chi connectivity index (χ0v) is 9.48. The molecule has 7 heteroatoms. The average Bonchev–Trinajstić information content (AvgIpc) is 2.93. The number of anilines is 1. The van der Waals surface area contributed by atoms with Crippen molar-refractivity contribution in [2.75, 3.05) is 12.5 Å². The molecule has 0 unspecified atom stereocenters. The summed E-state index contributed by atoms with van der Waals surface area (Å²) in [6.45, 7) is -0.0718. The third-order valence-electron chi connectivity index (χ3n) is 2.85. The predicted molar refractivity (Wildman–Crippen MR) is 60.8 cm³/mol. The quantitative estimate of drug-likeness (QED) is 0.796. The number of nitrogen functional groups attached to an aromatic ring is 1. The van der Waals surface area contributed by atoms with E-state index in [1.807, 2.05) is 0 Å². The fourth-order valence-electron chi connectivity index (χ4n) is 1.85.